The second kappa shape index (κ2) is 5.68. The number of hydrogen-bond donors (Lipinski definition) is 2. The Morgan fingerprint density at radius 1 is 1.44 bits per heavy atom. The van der Waals surface area contributed by atoms with Gasteiger partial charge in [0.15, 0.2) is 0 Å². The lowest BCUT2D eigenvalue weighted by atomic mass is 10.2. The van der Waals surface area contributed by atoms with Crippen LogP contribution in [0.5, 0.6) is 0 Å². The zero-order valence-electron chi connectivity index (χ0n) is 9.79. The smallest absolute Gasteiger partial charge is 0.339 e. The Kier molecular flexibility index (Phi) is 4.49. The molecule has 1 aromatic rings. The molecule has 18 heavy (non-hydrogen) atoms. The van der Waals surface area contributed by atoms with Gasteiger partial charge in [0.1, 0.15) is 5.82 Å². The van der Waals surface area contributed by atoms with Crippen LogP contribution in [0.1, 0.15) is 24.2 Å². The van der Waals surface area contributed by atoms with Gasteiger partial charge in [0.25, 0.3) is 0 Å². The van der Waals surface area contributed by atoms with Gasteiger partial charge in [-0.05, 0) is 26.0 Å². The fraction of sp³-hybridized carbons (Fsp3) is 0.273. The molecule has 0 saturated heterocycles. The summed E-state index contributed by atoms with van der Waals surface area (Å²) >= 11 is 5.73. The highest BCUT2D eigenvalue weighted by Crippen LogP contribution is 2.25. The van der Waals surface area contributed by atoms with Crippen molar-refractivity contribution in [2.24, 2.45) is 5.73 Å². The van der Waals surface area contributed by atoms with E-state index >= 15 is 0 Å². The van der Waals surface area contributed by atoms with Crippen molar-refractivity contribution in [3.63, 3.8) is 0 Å². The largest absolute Gasteiger partial charge is 0.459 e. The summed E-state index contributed by atoms with van der Waals surface area (Å²) in [6.45, 7) is 3.33. The van der Waals surface area contributed by atoms with Crippen LogP contribution in [-0.4, -0.2) is 18.1 Å². The maximum absolute atomic E-state index is 13.4. The first kappa shape index (κ1) is 14.2. The highest BCUT2D eigenvalue weighted by molar-refractivity contribution is 6.33. The van der Waals surface area contributed by atoms with E-state index in [0.717, 1.165) is 12.1 Å². The molecule has 1 rings (SSSR count). The quantitative estimate of drug-likeness (QED) is 0.831. The molecule has 3 N–H and O–H groups in total. The van der Waals surface area contributed by atoms with Crippen molar-refractivity contribution in [3.8, 4) is 0 Å². The summed E-state index contributed by atoms with van der Waals surface area (Å²) in [6.07, 6.45) is -0.342. The summed E-state index contributed by atoms with van der Waals surface area (Å²) in [7, 11) is 0. The zero-order chi connectivity index (χ0) is 13.9. The molecule has 98 valence electrons. The molecule has 7 heteroatoms. The van der Waals surface area contributed by atoms with E-state index in [-0.39, 0.29) is 22.4 Å². The summed E-state index contributed by atoms with van der Waals surface area (Å²) in [5.74, 6) is -1.50. The maximum Gasteiger partial charge on any atom is 0.339 e. The molecule has 0 spiro atoms. The third-order valence-corrected chi connectivity index (χ3v) is 2.19. The predicted octanol–water partition coefficient (Wildman–Crippen LogP) is 2.53. The Morgan fingerprint density at radius 3 is 2.56 bits per heavy atom. The third kappa shape index (κ3) is 3.59. The number of carbonyl (C=O) groups excluding carboxylic acids is 2. The summed E-state index contributed by atoms with van der Waals surface area (Å²) in [4.78, 5) is 22.3. The van der Waals surface area contributed by atoms with Gasteiger partial charge < -0.3 is 15.8 Å². The monoisotopic (exact) mass is 274 g/mol. The Hall–Kier alpha value is -1.82. The minimum Gasteiger partial charge on any atom is -0.459 e. The van der Waals surface area contributed by atoms with E-state index in [0.29, 0.717) is 0 Å². The third-order valence-electron chi connectivity index (χ3n) is 1.88. The normalized spacial score (nSPS) is 10.3. The van der Waals surface area contributed by atoms with Crippen LogP contribution in [-0.2, 0) is 4.74 Å². The average Bonchev–Trinajstić information content (AvgIpc) is 2.20. The van der Waals surface area contributed by atoms with Crippen molar-refractivity contribution in [3.05, 3.63) is 28.5 Å². The number of anilines is 1. The van der Waals surface area contributed by atoms with Gasteiger partial charge in [-0.2, -0.15) is 0 Å². The van der Waals surface area contributed by atoms with Gasteiger partial charge in [-0.25, -0.2) is 14.0 Å². The fourth-order valence-electron chi connectivity index (χ4n) is 1.21. The van der Waals surface area contributed by atoms with Crippen LogP contribution in [0.3, 0.4) is 0 Å². The van der Waals surface area contributed by atoms with E-state index in [1.54, 1.807) is 13.8 Å². The number of esters is 1. The lowest BCUT2D eigenvalue weighted by molar-refractivity contribution is 0.0378. The lowest BCUT2D eigenvalue weighted by Gasteiger charge is -2.11. The molecule has 0 radical (unpaired) electrons. The molecule has 0 heterocycles. The first-order valence-corrected chi connectivity index (χ1v) is 5.45. The van der Waals surface area contributed by atoms with Crippen molar-refractivity contribution in [1.29, 1.82) is 0 Å². The highest BCUT2D eigenvalue weighted by Gasteiger charge is 2.17. The van der Waals surface area contributed by atoms with Crippen molar-refractivity contribution in [2.45, 2.75) is 20.0 Å². The van der Waals surface area contributed by atoms with Crippen molar-refractivity contribution in [2.75, 3.05) is 5.32 Å². The average molecular weight is 275 g/mol. The van der Waals surface area contributed by atoms with Crippen LogP contribution in [0.15, 0.2) is 12.1 Å². The second-order valence-corrected chi connectivity index (χ2v) is 4.16. The Bertz CT molecular complexity index is 491. The number of halogens is 2. The summed E-state index contributed by atoms with van der Waals surface area (Å²) < 4.78 is 18.3. The minimum atomic E-state index is -0.945. The predicted molar refractivity (Wildman–Crippen MR) is 65.2 cm³/mol. The van der Waals surface area contributed by atoms with Crippen molar-refractivity contribution >= 4 is 29.3 Å². The van der Waals surface area contributed by atoms with Gasteiger partial charge in [0.05, 0.1) is 22.4 Å². The standard InChI is InChI=1S/C11H12ClFN2O3/c1-5(2)18-10(16)6-3-9(15-11(14)17)8(13)4-7(6)12/h3-5H,1-2H3,(H3,14,15,17). The van der Waals surface area contributed by atoms with Crippen LogP contribution < -0.4 is 11.1 Å². The summed E-state index contributed by atoms with van der Waals surface area (Å²) in [5, 5.41) is 1.94. The maximum atomic E-state index is 13.4. The molecular formula is C11H12ClFN2O3. The fourth-order valence-corrected chi connectivity index (χ4v) is 1.44. The summed E-state index contributed by atoms with van der Waals surface area (Å²) in [5.41, 5.74) is 4.59. The van der Waals surface area contributed by atoms with Crippen LogP contribution in [0.25, 0.3) is 0 Å². The number of rotatable bonds is 3. The van der Waals surface area contributed by atoms with Crippen LogP contribution in [0.4, 0.5) is 14.9 Å². The number of nitrogens with one attached hydrogen (secondary N) is 1. The van der Waals surface area contributed by atoms with Crippen LogP contribution >= 0.6 is 11.6 Å². The van der Waals surface area contributed by atoms with E-state index in [4.69, 9.17) is 22.1 Å². The van der Waals surface area contributed by atoms with E-state index in [1.165, 1.54) is 0 Å². The molecule has 0 bridgehead atoms. The molecule has 1 aromatic carbocycles. The van der Waals surface area contributed by atoms with Gasteiger partial charge in [-0.15, -0.1) is 0 Å². The van der Waals surface area contributed by atoms with Gasteiger partial charge in [0.2, 0.25) is 0 Å². The van der Waals surface area contributed by atoms with Gasteiger partial charge in [-0.3, -0.25) is 0 Å². The minimum absolute atomic E-state index is 0.0458. The number of urea groups is 1. The first-order chi connectivity index (χ1) is 8.31. The molecule has 0 aliphatic carbocycles. The molecule has 0 fully saturated rings. The lowest BCUT2D eigenvalue weighted by Crippen LogP contribution is -2.21. The first-order valence-electron chi connectivity index (χ1n) is 5.07. The second-order valence-electron chi connectivity index (χ2n) is 3.76. The van der Waals surface area contributed by atoms with E-state index in [9.17, 15) is 14.0 Å². The number of ether oxygens (including phenoxy) is 1. The molecule has 0 aliphatic rings. The van der Waals surface area contributed by atoms with Crippen LogP contribution in [0.2, 0.25) is 5.02 Å². The molecule has 0 saturated carbocycles. The number of amides is 2. The molecule has 0 unspecified atom stereocenters. The summed E-state index contributed by atoms with van der Waals surface area (Å²) in [6, 6.07) is 1.04. The van der Waals surface area contributed by atoms with Crippen molar-refractivity contribution in [1.82, 2.24) is 0 Å². The molecule has 2 amide bonds. The van der Waals surface area contributed by atoms with Gasteiger partial charge >= 0.3 is 12.0 Å². The topological polar surface area (TPSA) is 81.4 Å². The number of benzene rings is 1. The molecule has 0 atom stereocenters. The SMILES string of the molecule is CC(C)OC(=O)c1cc(NC(N)=O)c(F)cc1Cl. The Labute approximate surface area is 108 Å². The Morgan fingerprint density at radius 2 is 2.06 bits per heavy atom. The van der Waals surface area contributed by atoms with Crippen LogP contribution in [0, 0.1) is 5.82 Å². The van der Waals surface area contributed by atoms with E-state index < -0.39 is 17.8 Å². The number of carbonyl (C=O) groups is 2. The number of hydrogen-bond acceptors (Lipinski definition) is 3. The Balaban J connectivity index is 3.12. The molecule has 0 aromatic heterocycles. The zero-order valence-corrected chi connectivity index (χ0v) is 10.5. The van der Waals surface area contributed by atoms with Gasteiger partial charge in [0, 0.05) is 0 Å². The number of nitrogens with two attached hydrogens (primary N) is 1. The van der Waals surface area contributed by atoms with E-state index in [1.807, 2.05) is 5.32 Å². The highest BCUT2D eigenvalue weighted by atomic mass is 35.5. The van der Waals surface area contributed by atoms with Crippen molar-refractivity contribution < 1.29 is 18.7 Å². The van der Waals surface area contributed by atoms with E-state index in [2.05, 4.69) is 0 Å². The van der Waals surface area contributed by atoms with Gasteiger partial charge in [-0.1, -0.05) is 11.6 Å². The number of primary amides is 1. The molecular weight excluding hydrogens is 263 g/mol. The molecule has 5 nitrogen and oxygen atoms in total. The molecule has 0 aliphatic heterocycles.